The minimum absolute atomic E-state index is 0.0144. The fourth-order valence-corrected chi connectivity index (χ4v) is 3.13. The Labute approximate surface area is 143 Å². The molecule has 24 heavy (non-hydrogen) atoms. The number of benzene rings is 1. The predicted octanol–water partition coefficient (Wildman–Crippen LogP) is 3.36. The van der Waals surface area contributed by atoms with Crippen molar-refractivity contribution in [2.75, 3.05) is 5.32 Å². The van der Waals surface area contributed by atoms with Gasteiger partial charge in [0.25, 0.3) is 0 Å². The largest absolute Gasteiger partial charge is 0.506 e. The molecule has 0 saturated heterocycles. The zero-order chi connectivity index (χ0) is 17.7. The smallest absolute Gasteiger partial charge is 0.247 e. The Morgan fingerprint density at radius 1 is 1.17 bits per heavy atom. The number of anilines is 1. The number of hydrogen-bond donors (Lipinski definition) is 3. The second-order valence-electron chi connectivity index (χ2n) is 7.08. The highest BCUT2D eigenvalue weighted by Crippen LogP contribution is 2.26. The maximum absolute atomic E-state index is 12.6. The Balaban J connectivity index is 2.03. The summed E-state index contributed by atoms with van der Waals surface area (Å²) in [5.74, 6) is -0.319. The summed E-state index contributed by atoms with van der Waals surface area (Å²) in [5, 5.41) is 15.6. The van der Waals surface area contributed by atoms with Gasteiger partial charge in [0.2, 0.25) is 11.8 Å². The molecule has 1 saturated carbocycles. The lowest BCUT2D eigenvalue weighted by molar-refractivity contribution is -0.130. The molecule has 1 fully saturated rings. The van der Waals surface area contributed by atoms with Crippen molar-refractivity contribution >= 4 is 17.5 Å². The lowest BCUT2D eigenvalue weighted by atomic mass is 9.88. The molecule has 3 N–H and O–H groups in total. The van der Waals surface area contributed by atoms with Gasteiger partial charge in [-0.15, -0.1) is 0 Å². The number of carbonyl (C=O) groups is 2. The molecule has 0 radical (unpaired) electrons. The van der Waals surface area contributed by atoms with E-state index >= 15 is 0 Å². The van der Waals surface area contributed by atoms with E-state index in [-0.39, 0.29) is 29.4 Å². The van der Waals surface area contributed by atoms with Crippen LogP contribution >= 0.6 is 0 Å². The van der Waals surface area contributed by atoms with Crippen LogP contribution in [0.4, 0.5) is 5.69 Å². The second-order valence-corrected chi connectivity index (χ2v) is 7.08. The summed E-state index contributed by atoms with van der Waals surface area (Å²) in [6.07, 6.45) is 5.14. The maximum Gasteiger partial charge on any atom is 0.247 e. The molecule has 1 aliphatic carbocycles. The van der Waals surface area contributed by atoms with Gasteiger partial charge in [0.05, 0.1) is 5.69 Å². The van der Waals surface area contributed by atoms with Crippen molar-refractivity contribution in [3.63, 3.8) is 0 Å². The lowest BCUT2D eigenvalue weighted by Gasteiger charge is -2.26. The van der Waals surface area contributed by atoms with Crippen molar-refractivity contribution in [1.82, 2.24) is 5.32 Å². The molecule has 2 rings (SSSR count). The van der Waals surface area contributed by atoms with Crippen molar-refractivity contribution in [2.45, 2.75) is 58.9 Å². The lowest BCUT2D eigenvalue weighted by Crippen LogP contribution is -2.49. The van der Waals surface area contributed by atoms with Gasteiger partial charge in [-0.05, 0) is 43.4 Å². The van der Waals surface area contributed by atoms with Gasteiger partial charge in [-0.2, -0.15) is 0 Å². The number of aromatic hydroxyl groups is 1. The van der Waals surface area contributed by atoms with Gasteiger partial charge in [-0.1, -0.05) is 39.2 Å². The average Bonchev–Trinajstić information content (AvgIpc) is 2.55. The van der Waals surface area contributed by atoms with E-state index in [0.717, 1.165) is 31.2 Å². The molecule has 0 aromatic heterocycles. The molecule has 5 heteroatoms. The molecule has 0 spiro atoms. The van der Waals surface area contributed by atoms with E-state index in [0.29, 0.717) is 5.69 Å². The van der Waals surface area contributed by atoms with Crippen LogP contribution < -0.4 is 10.6 Å². The first-order chi connectivity index (χ1) is 11.4. The molecule has 5 nitrogen and oxygen atoms in total. The van der Waals surface area contributed by atoms with Gasteiger partial charge in [-0.25, -0.2) is 0 Å². The predicted molar refractivity (Wildman–Crippen MR) is 94.8 cm³/mol. The van der Waals surface area contributed by atoms with Crippen molar-refractivity contribution in [3.05, 3.63) is 23.8 Å². The number of phenols is 1. The molecule has 1 atom stereocenters. The van der Waals surface area contributed by atoms with Crippen molar-refractivity contribution in [2.24, 2.45) is 11.8 Å². The third-order valence-corrected chi connectivity index (χ3v) is 4.63. The number of hydrogen-bond acceptors (Lipinski definition) is 3. The SMILES string of the molecule is Cc1ccc(NC(=O)[C@@H](NC(=O)C2CCCCC2)C(C)C)c(O)c1. The molecule has 1 aromatic rings. The first-order valence-electron chi connectivity index (χ1n) is 8.79. The van der Waals surface area contributed by atoms with Gasteiger partial charge in [-0.3, -0.25) is 9.59 Å². The third kappa shape index (κ3) is 4.73. The molecular weight excluding hydrogens is 304 g/mol. The summed E-state index contributed by atoms with van der Waals surface area (Å²) >= 11 is 0. The molecule has 0 aliphatic heterocycles. The zero-order valence-electron chi connectivity index (χ0n) is 14.8. The number of carbonyl (C=O) groups excluding carboxylic acids is 2. The van der Waals surface area contributed by atoms with E-state index in [4.69, 9.17) is 0 Å². The first-order valence-corrected chi connectivity index (χ1v) is 8.79. The van der Waals surface area contributed by atoms with E-state index in [9.17, 15) is 14.7 Å². The standard InChI is InChI=1S/C19H28N2O3/c1-12(2)17(21-18(23)14-7-5-4-6-8-14)19(24)20-15-10-9-13(3)11-16(15)22/h9-12,14,17,22H,4-8H2,1-3H3,(H,20,24)(H,21,23)/t17-/m0/s1. The van der Waals surface area contributed by atoms with Gasteiger partial charge in [0, 0.05) is 5.92 Å². The number of rotatable bonds is 5. The van der Waals surface area contributed by atoms with E-state index in [2.05, 4.69) is 10.6 Å². The van der Waals surface area contributed by atoms with Crippen LogP contribution in [0.25, 0.3) is 0 Å². The second kappa shape index (κ2) is 8.18. The average molecular weight is 332 g/mol. The topological polar surface area (TPSA) is 78.4 Å². The summed E-state index contributed by atoms with van der Waals surface area (Å²) in [4.78, 5) is 25.0. The highest BCUT2D eigenvalue weighted by Gasteiger charge is 2.28. The van der Waals surface area contributed by atoms with E-state index in [1.807, 2.05) is 26.8 Å². The third-order valence-electron chi connectivity index (χ3n) is 4.63. The minimum Gasteiger partial charge on any atom is -0.506 e. The van der Waals surface area contributed by atoms with Crippen LogP contribution in [0.1, 0.15) is 51.5 Å². The summed E-state index contributed by atoms with van der Waals surface area (Å²) in [6, 6.07) is 4.48. The fourth-order valence-electron chi connectivity index (χ4n) is 3.13. The first kappa shape index (κ1) is 18.3. The fraction of sp³-hybridized carbons (Fsp3) is 0.579. The van der Waals surface area contributed by atoms with Gasteiger partial charge < -0.3 is 15.7 Å². The van der Waals surface area contributed by atoms with E-state index in [1.165, 1.54) is 6.42 Å². The van der Waals surface area contributed by atoms with Crippen LogP contribution in [0, 0.1) is 18.8 Å². The quantitative estimate of drug-likeness (QED) is 0.724. The Morgan fingerprint density at radius 3 is 2.42 bits per heavy atom. The van der Waals surface area contributed by atoms with Crippen LogP contribution in [-0.4, -0.2) is 23.0 Å². The van der Waals surface area contributed by atoms with E-state index in [1.54, 1.807) is 12.1 Å². The van der Waals surface area contributed by atoms with Gasteiger partial charge >= 0.3 is 0 Å². The monoisotopic (exact) mass is 332 g/mol. The Morgan fingerprint density at radius 2 is 1.83 bits per heavy atom. The maximum atomic E-state index is 12.6. The molecule has 1 aliphatic rings. The highest BCUT2D eigenvalue weighted by molar-refractivity contribution is 5.98. The van der Waals surface area contributed by atoms with Crippen molar-refractivity contribution in [3.8, 4) is 5.75 Å². The van der Waals surface area contributed by atoms with Crippen molar-refractivity contribution < 1.29 is 14.7 Å². The normalized spacial score (nSPS) is 16.7. The van der Waals surface area contributed by atoms with Crippen LogP contribution in [0.3, 0.4) is 0 Å². The summed E-state index contributed by atoms with van der Waals surface area (Å²) in [7, 11) is 0. The summed E-state index contributed by atoms with van der Waals surface area (Å²) < 4.78 is 0. The van der Waals surface area contributed by atoms with E-state index < -0.39 is 6.04 Å². The van der Waals surface area contributed by atoms with Crippen LogP contribution in [0.5, 0.6) is 5.75 Å². The number of phenolic OH excluding ortho intramolecular Hbond substituents is 1. The zero-order valence-corrected chi connectivity index (χ0v) is 14.8. The van der Waals surface area contributed by atoms with Crippen LogP contribution in [-0.2, 0) is 9.59 Å². The van der Waals surface area contributed by atoms with Gasteiger partial charge in [0.15, 0.2) is 0 Å². The Hall–Kier alpha value is -2.04. The molecule has 0 heterocycles. The molecule has 132 valence electrons. The highest BCUT2D eigenvalue weighted by atomic mass is 16.3. The molecule has 2 amide bonds. The Bertz CT molecular complexity index is 592. The summed E-state index contributed by atoms with van der Waals surface area (Å²) in [6.45, 7) is 5.67. The molecule has 0 unspecified atom stereocenters. The van der Waals surface area contributed by atoms with Gasteiger partial charge in [0.1, 0.15) is 11.8 Å². The minimum atomic E-state index is -0.611. The Kier molecular flexibility index (Phi) is 6.23. The molecule has 0 bridgehead atoms. The van der Waals surface area contributed by atoms with Crippen molar-refractivity contribution in [1.29, 1.82) is 0 Å². The number of amides is 2. The summed E-state index contributed by atoms with van der Waals surface area (Å²) in [5.41, 5.74) is 1.28. The number of aryl methyl sites for hydroxylation is 1. The molecule has 1 aromatic carbocycles. The molecular formula is C19H28N2O3. The van der Waals surface area contributed by atoms with Crippen LogP contribution in [0.2, 0.25) is 0 Å². The number of nitrogens with one attached hydrogen (secondary N) is 2. The van der Waals surface area contributed by atoms with Crippen LogP contribution in [0.15, 0.2) is 18.2 Å².